The van der Waals surface area contributed by atoms with E-state index in [2.05, 4.69) is 16.4 Å². The first-order chi connectivity index (χ1) is 11.6. The molecule has 1 saturated heterocycles. The minimum Gasteiger partial charge on any atom is -0.300 e. The van der Waals surface area contributed by atoms with E-state index in [0.29, 0.717) is 10.1 Å². The summed E-state index contributed by atoms with van der Waals surface area (Å²) in [6.45, 7) is 4.02. The Morgan fingerprint density at radius 2 is 1.79 bits per heavy atom. The highest BCUT2D eigenvalue weighted by Gasteiger charge is 2.23. The number of allylic oxidation sites excluding steroid dienone is 2. The molecule has 0 radical (unpaired) electrons. The van der Waals surface area contributed by atoms with Crippen LogP contribution < -0.4 is 5.32 Å². The maximum atomic E-state index is 12.1. The van der Waals surface area contributed by atoms with E-state index in [-0.39, 0.29) is 5.91 Å². The predicted octanol–water partition coefficient (Wildman–Crippen LogP) is 4.83. The summed E-state index contributed by atoms with van der Waals surface area (Å²) < 4.78 is 0. The van der Waals surface area contributed by atoms with E-state index < -0.39 is 0 Å². The minimum atomic E-state index is -0.105. The van der Waals surface area contributed by atoms with Gasteiger partial charge in [0.1, 0.15) is 0 Å². The Balaban J connectivity index is 1.77. The van der Waals surface area contributed by atoms with Gasteiger partial charge in [-0.2, -0.15) is 0 Å². The van der Waals surface area contributed by atoms with Crippen molar-refractivity contribution in [3.63, 3.8) is 0 Å². The number of rotatable bonds is 3. The van der Waals surface area contributed by atoms with Crippen LogP contribution in [0.5, 0.6) is 0 Å². The van der Waals surface area contributed by atoms with Gasteiger partial charge >= 0.3 is 0 Å². The Morgan fingerprint density at radius 1 is 1.08 bits per heavy atom. The van der Waals surface area contributed by atoms with Crippen molar-refractivity contribution in [3.05, 3.63) is 82.3 Å². The van der Waals surface area contributed by atoms with Crippen LogP contribution in [0.3, 0.4) is 0 Å². The largest absolute Gasteiger partial charge is 0.300 e. The first-order valence-electron chi connectivity index (χ1n) is 7.70. The van der Waals surface area contributed by atoms with Gasteiger partial charge in [0.05, 0.1) is 10.6 Å². The van der Waals surface area contributed by atoms with Crippen LogP contribution in [0.4, 0.5) is 5.69 Å². The number of aliphatic imine (C=N–C) groups is 1. The summed E-state index contributed by atoms with van der Waals surface area (Å²) in [6, 6.07) is 17.9. The number of aryl methyl sites for hydroxylation is 1. The molecule has 2 aromatic carbocycles. The molecule has 0 saturated carbocycles. The van der Waals surface area contributed by atoms with Crippen LogP contribution in [0.2, 0.25) is 0 Å². The maximum Gasteiger partial charge on any atom is 0.264 e. The van der Waals surface area contributed by atoms with Crippen molar-refractivity contribution in [1.82, 2.24) is 5.32 Å². The molecule has 1 aliphatic heterocycles. The van der Waals surface area contributed by atoms with Crippen LogP contribution in [-0.4, -0.2) is 11.1 Å². The summed E-state index contributed by atoms with van der Waals surface area (Å²) in [7, 11) is 0. The molecule has 1 fully saturated rings. The average Bonchev–Trinajstić information content (AvgIpc) is 2.90. The highest BCUT2D eigenvalue weighted by Crippen LogP contribution is 2.27. The maximum absolute atomic E-state index is 12.1. The Labute approximate surface area is 146 Å². The number of hydrogen-bond donors (Lipinski definition) is 1. The fourth-order valence-corrected chi connectivity index (χ4v) is 3.17. The van der Waals surface area contributed by atoms with E-state index in [9.17, 15) is 4.79 Å². The molecule has 0 aromatic heterocycles. The molecule has 0 spiro atoms. The van der Waals surface area contributed by atoms with Gasteiger partial charge in [-0.1, -0.05) is 54.1 Å². The third kappa shape index (κ3) is 4.24. The molecular formula is C20H18N2OS. The van der Waals surface area contributed by atoms with Gasteiger partial charge in [-0.25, -0.2) is 4.99 Å². The van der Waals surface area contributed by atoms with Gasteiger partial charge < -0.3 is 5.32 Å². The molecule has 4 heteroatoms. The van der Waals surface area contributed by atoms with Crippen molar-refractivity contribution >= 4 is 34.6 Å². The smallest absolute Gasteiger partial charge is 0.264 e. The molecular weight excluding hydrogens is 316 g/mol. The highest BCUT2D eigenvalue weighted by molar-refractivity contribution is 8.18. The monoisotopic (exact) mass is 334 g/mol. The molecule has 1 N–H and O–H groups in total. The molecule has 3 rings (SSSR count). The lowest BCUT2D eigenvalue weighted by molar-refractivity contribution is -0.115. The van der Waals surface area contributed by atoms with Gasteiger partial charge in [0.15, 0.2) is 5.17 Å². The van der Waals surface area contributed by atoms with Crippen molar-refractivity contribution in [2.45, 2.75) is 13.8 Å². The third-order valence-corrected chi connectivity index (χ3v) is 4.38. The fraction of sp³-hybridized carbons (Fsp3) is 0.100. The summed E-state index contributed by atoms with van der Waals surface area (Å²) >= 11 is 1.37. The van der Waals surface area contributed by atoms with Crippen LogP contribution in [0.25, 0.3) is 6.08 Å². The molecule has 24 heavy (non-hydrogen) atoms. The van der Waals surface area contributed by atoms with E-state index in [4.69, 9.17) is 0 Å². The second kappa shape index (κ2) is 7.32. The number of nitrogens with one attached hydrogen (secondary N) is 1. The Morgan fingerprint density at radius 3 is 2.50 bits per heavy atom. The highest BCUT2D eigenvalue weighted by atomic mass is 32.2. The molecule has 0 aliphatic carbocycles. The van der Waals surface area contributed by atoms with Crippen LogP contribution >= 0.6 is 11.8 Å². The van der Waals surface area contributed by atoms with Crippen molar-refractivity contribution in [2.24, 2.45) is 4.99 Å². The van der Waals surface area contributed by atoms with Crippen LogP contribution in [0.1, 0.15) is 18.1 Å². The molecule has 0 unspecified atom stereocenters. The number of amides is 1. The predicted molar refractivity (Wildman–Crippen MR) is 102 cm³/mol. The van der Waals surface area contributed by atoms with Gasteiger partial charge in [-0.3, -0.25) is 4.79 Å². The summed E-state index contributed by atoms with van der Waals surface area (Å²) in [5.41, 5.74) is 4.16. The van der Waals surface area contributed by atoms with E-state index >= 15 is 0 Å². The summed E-state index contributed by atoms with van der Waals surface area (Å²) in [5, 5.41) is 3.43. The first kappa shape index (κ1) is 16.3. The average molecular weight is 334 g/mol. The van der Waals surface area contributed by atoms with Crippen molar-refractivity contribution in [1.29, 1.82) is 0 Å². The Kier molecular flexibility index (Phi) is 4.96. The quantitative estimate of drug-likeness (QED) is 0.817. The first-order valence-corrected chi connectivity index (χ1v) is 8.51. The lowest BCUT2D eigenvalue weighted by Crippen LogP contribution is -2.19. The molecule has 1 aliphatic rings. The van der Waals surface area contributed by atoms with Gasteiger partial charge in [0.2, 0.25) is 0 Å². The van der Waals surface area contributed by atoms with Crippen LogP contribution in [-0.2, 0) is 4.79 Å². The van der Waals surface area contributed by atoms with E-state index in [1.165, 1.54) is 17.3 Å². The van der Waals surface area contributed by atoms with Crippen molar-refractivity contribution in [2.75, 3.05) is 0 Å². The van der Waals surface area contributed by atoms with E-state index in [1.807, 2.05) is 74.5 Å². The zero-order valence-electron chi connectivity index (χ0n) is 13.6. The number of thioether (sulfide) groups is 1. The number of carbonyl (C=O) groups excluding carboxylic acids is 1. The number of carbonyl (C=O) groups is 1. The number of hydrogen-bond acceptors (Lipinski definition) is 3. The fourth-order valence-electron chi connectivity index (χ4n) is 2.28. The normalized spacial score (nSPS) is 18.2. The number of nitrogens with zero attached hydrogens (tertiary/aromatic N) is 1. The van der Waals surface area contributed by atoms with Crippen molar-refractivity contribution < 1.29 is 4.79 Å². The van der Waals surface area contributed by atoms with Gasteiger partial charge in [-0.05, 0) is 55.0 Å². The zero-order valence-corrected chi connectivity index (χ0v) is 14.4. The summed E-state index contributed by atoms with van der Waals surface area (Å²) in [6.07, 6.45) is 3.95. The second-order valence-corrected chi connectivity index (χ2v) is 6.65. The lowest BCUT2D eigenvalue weighted by Gasteiger charge is -1.97. The standard InChI is InChI=1S/C20H18N2OS/c1-14-8-10-17(11-9-14)21-20-22-19(23)18(24-20)13-15(2)12-16-6-4-3-5-7-16/h3-13H,1-2H3,(H,21,22,23)/b15-12-,18-13-. The lowest BCUT2D eigenvalue weighted by atomic mass is 10.1. The molecule has 3 nitrogen and oxygen atoms in total. The zero-order chi connectivity index (χ0) is 16.9. The summed E-state index contributed by atoms with van der Waals surface area (Å²) in [4.78, 5) is 17.2. The summed E-state index contributed by atoms with van der Waals surface area (Å²) in [5.74, 6) is -0.105. The van der Waals surface area contributed by atoms with Gasteiger partial charge in [-0.15, -0.1) is 0 Å². The molecule has 0 bridgehead atoms. The molecule has 1 amide bonds. The Hall–Kier alpha value is -2.59. The van der Waals surface area contributed by atoms with Crippen LogP contribution in [0, 0.1) is 6.92 Å². The van der Waals surface area contributed by atoms with Gasteiger partial charge in [0, 0.05) is 0 Å². The molecule has 0 atom stereocenters. The van der Waals surface area contributed by atoms with E-state index in [1.54, 1.807) is 0 Å². The molecule has 1 heterocycles. The van der Waals surface area contributed by atoms with E-state index in [0.717, 1.165) is 16.8 Å². The topological polar surface area (TPSA) is 41.5 Å². The third-order valence-electron chi connectivity index (χ3n) is 3.47. The van der Waals surface area contributed by atoms with Gasteiger partial charge in [0.25, 0.3) is 5.91 Å². The minimum absolute atomic E-state index is 0.105. The Bertz CT molecular complexity index is 834. The SMILES string of the molecule is CC(=C/c1ccccc1)/C=C1\SC(=Nc2ccc(C)cc2)NC1=O. The molecule has 2 aromatic rings. The number of benzene rings is 2. The number of amidine groups is 1. The second-order valence-electron chi connectivity index (χ2n) is 5.62. The van der Waals surface area contributed by atoms with Crippen molar-refractivity contribution in [3.8, 4) is 0 Å². The van der Waals surface area contributed by atoms with Crippen LogP contribution in [0.15, 0.2) is 76.1 Å². The molecule has 120 valence electrons.